The summed E-state index contributed by atoms with van der Waals surface area (Å²) < 4.78 is 0. The van der Waals surface area contributed by atoms with E-state index in [2.05, 4.69) is 40.2 Å². The van der Waals surface area contributed by atoms with Crippen molar-refractivity contribution in [1.29, 1.82) is 0 Å². The predicted molar refractivity (Wildman–Crippen MR) is 72.4 cm³/mol. The fourth-order valence-corrected chi connectivity index (χ4v) is 2.03. The molecule has 0 radical (unpaired) electrons. The fourth-order valence-electron chi connectivity index (χ4n) is 1.34. The first-order chi connectivity index (χ1) is 8.74. The molecule has 2 rings (SSSR count). The maximum atomic E-state index is 4.41. The Morgan fingerprint density at radius 2 is 2.00 bits per heavy atom. The first-order valence-electron chi connectivity index (χ1n) is 5.86. The molecule has 4 nitrogen and oxygen atoms in total. The molecule has 0 unspecified atom stereocenters. The van der Waals surface area contributed by atoms with Crippen LogP contribution in [-0.4, -0.2) is 21.0 Å². The monoisotopic (exact) mass is 260 g/mol. The van der Waals surface area contributed by atoms with Crippen molar-refractivity contribution in [3.8, 4) is 0 Å². The molecule has 0 atom stereocenters. The molecule has 0 spiro atoms. The second-order valence-electron chi connectivity index (χ2n) is 4.19. The van der Waals surface area contributed by atoms with E-state index in [1.54, 1.807) is 18.6 Å². The van der Waals surface area contributed by atoms with Crippen molar-refractivity contribution in [2.24, 2.45) is 0 Å². The van der Waals surface area contributed by atoms with Gasteiger partial charge in [0.15, 0.2) is 0 Å². The molecule has 0 amide bonds. The largest absolute Gasteiger partial charge is 0.310 e. The lowest BCUT2D eigenvalue weighted by Crippen LogP contribution is -2.21. The van der Waals surface area contributed by atoms with Crippen LogP contribution in [0, 0.1) is 0 Å². The summed E-state index contributed by atoms with van der Waals surface area (Å²) in [6, 6.07) is 4.58. The summed E-state index contributed by atoms with van der Waals surface area (Å²) in [6.07, 6.45) is 6.98. The van der Waals surface area contributed by atoms with Crippen molar-refractivity contribution < 1.29 is 0 Å². The second-order valence-corrected chi connectivity index (χ2v) is 5.23. The van der Waals surface area contributed by atoms with Crippen molar-refractivity contribution in [2.45, 2.75) is 36.5 Å². The van der Waals surface area contributed by atoms with Gasteiger partial charge in [-0.1, -0.05) is 19.9 Å². The van der Waals surface area contributed by atoms with Crippen molar-refractivity contribution >= 4 is 11.8 Å². The van der Waals surface area contributed by atoms with Crippen LogP contribution in [0.3, 0.4) is 0 Å². The van der Waals surface area contributed by atoms with Crippen molar-refractivity contribution in [3.05, 3.63) is 42.5 Å². The third kappa shape index (κ3) is 4.09. The lowest BCUT2D eigenvalue weighted by atomic mass is 10.2. The highest BCUT2D eigenvalue weighted by Crippen LogP contribution is 2.22. The molecule has 0 aromatic carbocycles. The van der Waals surface area contributed by atoms with Crippen LogP contribution in [0.5, 0.6) is 0 Å². The molecule has 0 bridgehead atoms. The first kappa shape index (κ1) is 13.0. The van der Waals surface area contributed by atoms with E-state index in [0.29, 0.717) is 6.04 Å². The van der Waals surface area contributed by atoms with Gasteiger partial charge < -0.3 is 5.32 Å². The topological polar surface area (TPSA) is 50.7 Å². The maximum absolute atomic E-state index is 4.41. The third-order valence-electron chi connectivity index (χ3n) is 2.26. The average molecular weight is 260 g/mol. The first-order valence-corrected chi connectivity index (χ1v) is 6.68. The minimum absolute atomic E-state index is 0.485. The highest BCUT2D eigenvalue weighted by Gasteiger charge is 2.01. The van der Waals surface area contributed by atoms with Gasteiger partial charge in [-0.25, -0.2) is 9.97 Å². The SMILES string of the molecule is CC(C)NCc1ccc(Sc2cnccn2)nc1. The average Bonchev–Trinajstić information content (AvgIpc) is 2.39. The maximum Gasteiger partial charge on any atom is 0.121 e. The fraction of sp³-hybridized carbons (Fsp3) is 0.308. The van der Waals surface area contributed by atoms with E-state index in [1.165, 1.54) is 17.3 Å². The number of rotatable bonds is 5. The summed E-state index contributed by atoms with van der Waals surface area (Å²) >= 11 is 1.52. The van der Waals surface area contributed by atoms with E-state index in [4.69, 9.17) is 0 Å². The van der Waals surface area contributed by atoms with Crippen LogP contribution in [0.15, 0.2) is 47.0 Å². The Morgan fingerprint density at radius 3 is 2.61 bits per heavy atom. The summed E-state index contributed by atoms with van der Waals surface area (Å²) in [4.78, 5) is 12.6. The molecule has 0 aliphatic heterocycles. The molecule has 2 aromatic heterocycles. The molecule has 94 valence electrons. The number of pyridine rings is 1. The predicted octanol–water partition coefficient (Wildman–Crippen LogP) is 2.52. The van der Waals surface area contributed by atoms with Crippen molar-refractivity contribution in [3.63, 3.8) is 0 Å². The molecule has 2 heterocycles. The van der Waals surface area contributed by atoms with Gasteiger partial charge in [0.05, 0.1) is 6.20 Å². The van der Waals surface area contributed by atoms with Crippen molar-refractivity contribution in [2.75, 3.05) is 0 Å². The lowest BCUT2D eigenvalue weighted by Gasteiger charge is -2.07. The van der Waals surface area contributed by atoms with E-state index >= 15 is 0 Å². The number of aromatic nitrogens is 3. The smallest absolute Gasteiger partial charge is 0.121 e. The van der Waals surface area contributed by atoms with Crippen LogP contribution in [0.25, 0.3) is 0 Å². The van der Waals surface area contributed by atoms with E-state index < -0.39 is 0 Å². The molecule has 0 fully saturated rings. The van der Waals surface area contributed by atoms with E-state index in [0.717, 1.165) is 16.6 Å². The zero-order valence-electron chi connectivity index (χ0n) is 10.5. The van der Waals surface area contributed by atoms with Gasteiger partial charge in [-0.05, 0) is 23.4 Å². The number of nitrogens with zero attached hydrogens (tertiary/aromatic N) is 3. The summed E-state index contributed by atoms with van der Waals surface area (Å²) in [7, 11) is 0. The Morgan fingerprint density at radius 1 is 1.11 bits per heavy atom. The zero-order valence-corrected chi connectivity index (χ0v) is 11.3. The zero-order chi connectivity index (χ0) is 12.8. The molecule has 5 heteroatoms. The molecular weight excluding hydrogens is 244 g/mol. The van der Waals surface area contributed by atoms with Gasteiger partial charge in [0.25, 0.3) is 0 Å². The van der Waals surface area contributed by atoms with Gasteiger partial charge in [0, 0.05) is 31.2 Å². The standard InChI is InChI=1S/C13H16N4S/c1-10(2)16-7-11-3-4-12(17-8-11)18-13-9-14-5-6-15-13/h3-6,8-10,16H,7H2,1-2H3. The quantitative estimate of drug-likeness (QED) is 0.895. The van der Waals surface area contributed by atoms with Gasteiger partial charge in [-0.15, -0.1) is 0 Å². The molecule has 2 aromatic rings. The highest BCUT2D eigenvalue weighted by atomic mass is 32.2. The molecule has 0 aliphatic rings. The molecule has 1 N–H and O–H groups in total. The Hall–Kier alpha value is -1.46. The number of hydrogen-bond acceptors (Lipinski definition) is 5. The Bertz CT molecular complexity index is 470. The molecule has 0 saturated carbocycles. The Labute approximate surface area is 111 Å². The van der Waals surface area contributed by atoms with Gasteiger partial charge in [-0.3, -0.25) is 4.98 Å². The van der Waals surface area contributed by atoms with Crippen LogP contribution < -0.4 is 5.32 Å². The molecule has 0 saturated heterocycles. The van der Waals surface area contributed by atoms with Crippen LogP contribution >= 0.6 is 11.8 Å². The normalized spacial score (nSPS) is 10.8. The second kappa shape index (κ2) is 6.47. The van der Waals surface area contributed by atoms with Crippen LogP contribution in [0.4, 0.5) is 0 Å². The van der Waals surface area contributed by atoms with Crippen LogP contribution in [0.1, 0.15) is 19.4 Å². The molecule has 18 heavy (non-hydrogen) atoms. The summed E-state index contributed by atoms with van der Waals surface area (Å²) in [5.41, 5.74) is 1.19. The van der Waals surface area contributed by atoms with Gasteiger partial charge in [0.2, 0.25) is 0 Å². The molecular formula is C13H16N4S. The van der Waals surface area contributed by atoms with E-state index in [9.17, 15) is 0 Å². The molecule has 0 aliphatic carbocycles. The Balaban J connectivity index is 1.95. The van der Waals surface area contributed by atoms with E-state index in [-0.39, 0.29) is 0 Å². The Kier molecular flexibility index (Phi) is 4.66. The van der Waals surface area contributed by atoms with Gasteiger partial charge in [0.1, 0.15) is 10.1 Å². The summed E-state index contributed by atoms with van der Waals surface area (Å²) in [6.45, 7) is 5.11. The third-order valence-corrected chi connectivity index (χ3v) is 3.13. The minimum atomic E-state index is 0.485. The highest BCUT2D eigenvalue weighted by molar-refractivity contribution is 7.99. The summed E-state index contributed by atoms with van der Waals surface area (Å²) in [5, 5.41) is 5.16. The summed E-state index contributed by atoms with van der Waals surface area (Å²) in [5.74, 6) is 0. The minimum Gasteiger partial charge on any atom is -0.310 e. The lowest BCUT2D eigenvalue weighted by molar-refractivity contribution is 0.587. The van der Waals surface area contributed by atoms with Crippen LogP contribution in [-0.2, 0) is 6.54 Å². The van der Waals surface area contributed by atoms with Gasteiger partial charge in [-0.2, -0.15) is 0 Å². The van der Waals surface area contributed by atoms with Crippen molar-refractivity contribution in [1.82, 2.24) is 20.3 Å². The van der Waals surface area contributed by atoms with Crippen LogP contribution in [0.2, 0.25) is 0 Å². The van der Waals surface area contributed by atoms with E-state index in [1.807, 2.05) is 12.3 Å². The number of nitrogens with one attached hydrogen (secondary N) is 1. The van der Waals surface area contributed by atoms with Gasteiger partial charge >= 0.3 is 0 Å². The number of hydrogen-bond donors (Lipinski definition) is 1.